The number of hydrogen-bond donors (Lipinski definition) is 2. The van der Waals surface area contributed by atoms with Crippen molar-refractivity contribution in [1.82, 2.24) is 5.32 Å². The molecule has 0 aromatic rings. The maximum atomic E-state index is 12.1. The molecule has 19 heavy (non-hydrogen) atoms. The summed E-state index contributed by atoms with van der Waals surface area (Å²) >= 11 is 0. The van der Waals surface area contributed by atoms with Gasteiger partial charge in [-0.15, -0.1) is 0 Å². The molecule has 0 radical (unpaired) electrons. The molecule has 3 heteroatoms. The molecular formula is C16H30N2O. The molecule has 2 fully saturated rings. The van der Waals surface area contributed by atoms with E-state index in [2.05, 4.69) is 12.2 Å². The molecule has 2 aliphatic carbocycles. The van der Waals surface area contributed by atoms with Gasteiger partial charge in [0.15, 0.2) is 0 Å². The minimum Gasteiger partial charge on any atom is -0.354 e. The average Bonchev–Trinajstić information content (AvgIpc) is 3.18. The van der Waals surface area contributed by atoms with Crippen molar-refractivity contribution in [3.05, 3.63) is 0 Å². The molecule has 2 rings (SSSR count). The largest absolute Gasteiger partial charge is 0.354 e. The Balaban J connectivity index is 1.67. The van der Waals surface area contributed by atoms with Crippen LogP contribution in [-0.4, -0.2) is 18.5 Å². The molecule has 0 bridgehead atoms. The van der Waals surface area contributed by atoms with Crippen LogP contribution >= 0.6 is 0 Å². The summed E-state index contributed by atoms with van der Waals surface area (Å²) in [5.41, 5.74) is 6.49. The zero-order chi connectivity index (χ0) is 13.7. The lowest BCUT2D eigenvalue weighted by Gasteiger charge is -2.24. The molecule has 3 N–H and O–H groups in total. The molecular weight excluding hydrogens is 236 g/mol. The molecule has 1 atom stereocenters. The van der Waals surface area contributed by atoms with Crippen molar-refractivity contribution >= 4 is 5.91 Å². The fourth-order valence-electron chi connectivity index (χ4n) is 3.52. The van der Waals surface area contributed by atoms with E-state index in [9.17, 15) is 4.79 Å². The Morgan fingerprint density at radius 1 is 1.32 bits per heavy atom. The standard InChI is InChI=1S/C16H30N2O/c1-2-8-16(9-10-16)12-18-15(19)14(17)11-13-6-4-3-5-7-13/h13-14H,2-12,17H2,1H3,(H,18,19). The predicted octanol–water partition coefficient (Wildman–Crippen LogP) is 2.98. The molecule has 2 saturated carbocycles. The fraction of sp³-hybridized carbons (Fsp3) is 0.938. The highest BCUT2D eigenvalue weighted by molar-refractivity contribution is 5.81. The van der Waals surface area contributed by atoms with Gasteiger partial charge in [-0.2, -0.15) is 0 Å². The lowest BCUT2D eigenvalue weighted by atomic mass is 9.85. The second-order valence-corrected chi connectivity index (χ2v) is 6.81. The average molecular weight is 266 g/mol. The molecule has 0 aromatic heterocycles. The van der Waals surface area contributed by atoms with Crippen LogP contribution in [0.2, 0.25) is 0 Å². The van der Waals surface area contributed by atoms with Gasteiger partial charge < -0.3 is 11.1 Å². The molecule has 1 unspecified atom stereocenters. The molecule has 0 aliphatic heterocycles. The minimum atomic E-state index is -0.291. The third-order valence-electron chi connectivity index (χ3n) is 5.02. The van der Waals surface area contributed by atoms with Crippen LogP contribution in [0.1, 0.15) is 71.1 Å². The maximum Gasteiger partial charge on any atom is 0.236 e. The summed E-state index contributed by atoms with van der Waals surface area (Å²) in [4.78, 5) is 12.1. The summed E-state index contributed by atoms with van der Waals surface area (Å²) in [6, 6.07) is -0.291. The van der Waals surface area contributed by atoms with Gasteiger partial charge in [-0.1, -0.05) is 45.4 Å². The Morgan fingerprint density at radius 3 is 2.58 bits per heavy atom. The highest BCUT2D eigenvalue weighted by Crippen LogP contribution is 2.48. The summed E-state index contributed by atoms with van der Waals surface area (Å²) < 4.78 is 0. The van der Waals surface area contributed by atoms with E-state index >= 15 is 0 Å². The van der Waals surface area contributed by atoms with E-state index < -0.39 is 0 Å². The fourth-order valence-corrected chi connectivity index (χ4v) is 3.52. The first kappa shape index (κ1) is 14.8. The number of rotatable bonds is 7. The maximum absolute atomic E-state index is 12.1. The summed E-state index contributed by atoms with van der Waals surface area (Å²) in [6.07, 6.45) is 12.4. The van der Waals surface area contributed by atoms with Crippen molar-refractivity contribution in [2.75, 3.05) is 6.54 Å². The molecule has 0 spiro atoms. The highest BCUT2D eigenvalue weighted by Gasteiger charge is 2.41. The first-order valence-electron chi connectivity index (χ1n) is 8.18. The number of hydrogen-bond acceptors (Lipinski definition) is 2. The molecule has 2 aliphatic rings. The van der Waals surface area contributed by atoms with E-state index in [0.717, 1.165) is 13.0 Å². The lowest BCUT2D eigenvalue weighted by Crippen LogP contribution is -2.43. The van der Waals surface area contributed by atoms with Gasteiger partial charge in [0.2, 0.25) is 5.91 Å². The zero-order valence-electron chi connectivity index (χ0n) is 12.4. The highest BCUT2D eigenvalue weighted by atomic mass is 16.2. The van der Waals surface area contributed by atoms with Crippen molar-refractivity contribution in [1.29, 1.82) is 0 Å². The van der Waals surface area contributed by atoms with Gasteiger partial charge in [0.1, 0.15) is 0 Å². The van der Waals surface area contributed by atoms with Crippen molar-refractivity contribution in [2.24, 2.45) is 17.1 Å². The number of amides is 1. The van der Waals surface area contributed by atoms with E-state index in [1.807, 2.05) is 0 Å². The van der Waals surface area contributed by atoms with E-state index in [1.54, 1.807) is 0 Å². The van der Waals surface area contributed by atoms with Crippen molar-refractivity contribution < 1.29 is 4.79 Å². The van der Waals surface area contributed by atoms with E-state index in [0.29, 0.717) is 11.3 Å². The number of nitrogens with two attached hydrogens (primary N) is 1. The quantitative estimate of drug-likeness (QED) is 0.744. The SMILES string of the molecule is CCCC1(CNC(=O)C(N)CC2CCCCC2)CC1. The number of carbonyl (C=O) groups excluding carboxylic acids is 1. The van der Waals surface area contributed by atoms with Crippen LogP contribution < -0.4 is 11.1 Å². The second kappa shape index (κ2) is 6.74. The summed E-state index contributed by atoms with van der Waals surface area (Å²) in [7, 11) is 0. The lowest BCUT2D eigenvalue weighted by molar-refractivity contribution is -0.123. The Bertz CT molecular complexity index is 293. The van der Waals surface area contributed by atoms with Gasteiger partial charge >= 0.3 is 0 Å². The normalized spacial score (nSPS) is 23.9. The Kier molecular flexibility index (Phi) is 5.26. The zero-order valence-corrected chi connectivity index (χ0v) is 12.4. The molecule has 1 amide bonds. The summed E-state index contributed by atoms with van der Waals surface area (Å²) in [5.74, 6) is 0.757. The van der Waals surface area contributed by atoms with Crippen LogP contribution in [0.5, 0.6) is 0 Å². The van der Waals surface area contributed by atoms with Gasteiger partial charge in [-0.05, 0) is 37.0 Å². The van der Waals surface area contributed by atoms with E-state index in [4.69, 9.17) is 5.73 Å². The van der Waals surface area contributed by atoms with E-state index in [-0.39, 0.29) is 11.9 Å². The molecule has 0 saturated heterocycles. The topological polar surface area (TPSA) is 55.1 Å². The van der Waals surface area contributed by atoms with Gasteiger partial charge in [0.25, 0.3) is 0 Å². The van der Waals surface area contributed by atoms with Gasteiger partial charge in [0.05, 0.1) is 6.04 Å². The number of carbonyl (C=O) groups is 1. The number of nitrogens with one attached hydrogen (secondary N) is 1. The van der Waals surface area contributed by atoms with Gasteiger partial charge in [-0.3, -0.25) is 4.79 Å². The molecule has 0 heterocycles. The second-order valence-electron chi connectivity index (χ2n) is 6.81. The van der Waals surface area contributed by atoms with Crippen molar-refractivity contribution in [3.63, 3.8) is 0 Å². The minimum absolute atomic E-state index is 0.0768. The van der Waals surface area contributed by atoms with Crippen LogP contribution in [0.15, 0.2) is 0 Å². The third kappa shape index (κ3) is 4.48. The monoisotopic (exact) mass is 266 g/mol. The van der Waals surface area contributed by atoms with E-state index in [1.165, 1.54) is 57.8 Å². The molecule has 3 nitrogen and oxygen atoms in total. The smallest absolute Gasteiger partial charge is 0.236 e. The Hall–Kier alpha value is -0.570. The first-order chi connectivity index (χ1) is 9.15. The first-order valence-corrected chi connectivity index (χ1v) is 8.18. The van der Waals surface area contributed by atoms with Crippen LogP contribution in [0.4, 0.5) is 0 Å². The third-order valence-corrected chi connectivity index (χ3v) is 5.02. The van der Waals surface area contributed by atoms with Crippen LogP contribution in [0.25, 0.3) is 0 Å². The Labute approximate surface area is 117 Å². The van der Waals surface area contributed by atoms with Crippen molar-refractivity contribution in [3.8, 4) is 0 Å². The van der Waals surface area contributed by atoms with Crippen LogP contribution in [-0.2, 0) is 4.79 Å². The molecule has 0 aromatic carbocycles. The summed E-state index contributed by atoms with van der Waals surface area (Å²) in [6.45, 7) is 3.06. The molecule has 110 valence electrons. The predicted molar refractivity (Wildman–Crippen MR) is 78.8 cm³/mol. The van der Waals surface area contributed by atoms with Crippen molar-refractivity contribution in [2.45, 2.75) is 77.2 Å². The Morgan fingerprint density at radius 2 is 2.00 bits per heavy atom. The van der Waals surface area contributed by atoms with Crippen LogP contribution in [0, 0.1) is 11.3 Å². The van der Waals surface area contributed by atoms with Gasteiger partial charge in [0, 0.05) is 6.54 Å². The van der Waals surface area contributed by atoms with Crippen LogP contribution in [0.3, 0.4) is 0 Å². The summed E-state index contributed by atoms with van der Waals surface area (Å²) in [5, 5.41) is 3.10. The van der Waals surface area contributed by atoms with Gasteiger partial charge in [-0.25, -0.2) is 0 Å².